The van der Waals surface area contributed by atoms with E-state index >= 15 is 0 Å². The molecule has 2 aromatic carbocycles. The number of halogens is 1. The molecule has 0 aromatic heterocycles. The maximum absolute atomic E-state index is 12.7. The topological polar surface area (TPSA) is 62.2 Å². The van der Waals surface area contributed by atoms with Crippen molar-refractivity contribution in [3.63, 3.8) is 0 Å². The van der Waals surface area contributed by atoms with Gasteiger partial charge in [-0.05, 0) is 53.7 Å². The highest BCUT2D eigenvalue weighted by molar-refractivity contribution is 9.10. The molecule has 0 saturated carbocycles. The van der Waals surface area contributed by atoms with Gasteiger partial charge in [-0.3, -0.25) is 14.5 Å². The Balaban J connectivity index is 1.56. The average molecular weight is 486 g/mol. The third kappa shape index (κ3) is 4.66. The first-order valence-corrected chi connectivity index (χ1v) is 11.1. The third-order valence-corrected chi connectivity index (χ3v) is 6.32. The first kappa shape index (κ1) is 20.8. The van der Waals surface area contributed by atoms with Crippen molar-refractivity contribution < 1.29 is 14.3 Å². The maximum Gasteiger partial charge on any atom is 0.266 e. The molecule has 2 heterocycles. The first-order chi connectivity index (χ1) is 14.5. The molecule has 2 amide bonds. The van der Waals surface area contributed by atoms with E-state index < -0.39 is 0 Å². The number of hydrogen-bond donors (Lipinski definition) is 0. The number of ether oxygens (including phenoxy) is 1. The molecule has 0 spiro atoms. The summed E-state index contributed by atoms with van der Waals surface area (Å²) in [6, 6.07) is 15.0. The fourth-order valence-corrected chi connectivity index (χ4v) is 4.57. The zero-order valence-corrected chi connectivity index (χ0v) is 18.8. The Morgan fingerprint density at radius 3 is 2.70 bits per heavy atom. The van der Waals surface area contributed by atoms with Gasteiger partial charge in [0.05, 0.1) is 23.8 Å². The molecule has 30 heavy (non-hydrogen) atoms. The van der Waals surface area contributed by atoms with Crippen molar-refractivity contribution in [1.82, 2.24) is 9.80 Å². The number of benzene rings is 2. The Bertz CT molecular complexity index is 1050. The number of amides is 2. The highest BCUT2D eigenvalue weighted by atomic mass is 79.9. The minimum absolute atomic E-state index is 0.0286. The second-order valence-corrected chi connectivity index (χ2v) is 8.80. The van der Waals surface area contributed by atoms with Crippen molar-refractivity contribution in [3.8, 4) is 0 Å². The number of hydrogen-bond acceptors (Lipinski definition) is 5. The Labute approximate surface area is 187 Å². The molecule has 0 unspecified atom stereocenters. The van der Waals surface area contributed by atoms with E-state index in [1.807, 2.05) is 42.5 Å². The summed E-state index contributed by atoms with van der Waals surface area (Å²) in [5.41, 5.74) is 2.16. The van der Waals surface area contributed by atoms with Crippen molar-refractivity contribution in [2.24, 2.45) is 4.99 Å². The molecule has 0 bridgehead atoms. The molecule has 4 rings (SSSR count). The molecule has 8 heteroatoms. The molecule has 0 N–H and O–H groups in total. The molecular formula is C22H20BrN3O3S. The van der Waals surface area contributed by atoms with Crippen LogP contribution in [0.15, 0.2) is 62.9 Å². The quantitative estimate of drug-likeness (QED) is 0.612. The standard InChI is InChI=1S/C22H20BrN3O3S/c1-25-21(28)19(13-15-4-2-6-17(23)12-15)30-22(25)24-18-7-3-5-16(14-18)20(27)26-8-10-29-11-9-26/h2-7,12-14H,8-11H2,1H3/b19-13+,24-22?. The fraction of sp³-hybridized carbons (Fsp3) is 0.227. The number of likely N-dealkylation sites (N-methyl/N-ethyl adjacent to an activating group) is 1. The van der Waals surface area contributed by atoms with Gasteiger partial charge < -0.3 is 9.64 Å². The molecule has 2 fully saturated rings. The monoisotopic (exact) mass is 485 g/mol. The minimum atomic E-state index is -0.0979. The lowest BCUT2D eigenvalue weighted by molar-refractivity contribution is -0.121. The van der Waals surface area contributed by atoms with Gasteiger partial charge in [-0.2, -0.15) is 0 Å². The number of carbonyl (C=O) groups is 2. The summed E-state index contributed by atoms with van der Waals surface area (Å²) in [5.74, 6) is -0.127. The van der Waals surface area contributed by atoms with E-state index in [-0.39, 0.29) is 11.8 Å². The number of rotatable bonds is 3. The second-order valence-electron chi connectivity index (χ2n) is 6.88. The third-order valence-electron chi connectivity index (χ3n) is 4.77. The highest BCUT2D eigenvalue weighted by Gasteiger charge is 2.30. The lowest BCUT2D eigenvalue weighted by Gasteiger charge is -2.26. The smallest absolute Gasteiger partial charge is 0.266 e. The van der Waals surface area contributed by atoms with Crippen molar-refractivity contribution in [2.75, 3.05) is 33.4 Å². The summed E-state index contributed by atoms with van der Waals surface area (Å²) < 4.78 is 6.27. The lowest BCUT2D eigenvalue weighted by atomic mass is 10.1. The summed E-state index contributed by atoms with van der Waals surface area (Å²) in [5, 5.41) is 0.581. The number of nitrogens with zero attached hydrogens (tertiary/aromatic N) is 3. The molecule has 2 aliphatic heterocycles. The molecule has 0 atom stereocenters. The Morgan fingerprint density at radius 2 is 1.93 bits per heavy atom. The number of thioether (sulfide) groups is 1. The number of aliphatic imine (C=N–C) groups is 1. The summed E-state index contributed by atoms with van der Waals surface area (Å²) >= 11 is 4.77. The number of morpholine rings is 1. The summed E-state index contributed by atoms with van der Waals surface area (Å²) in [7, 11) is 1.71. The second kappa shape index (κ2) is 9.16. The van der Waals surface area contributed by atoms with Crippen LogP contribution in [0, 0.1) is 0 Å². The fourth-order valence-electron chi connectivity index (χ4n) is 3.17. The van der Waals surface area contributed by atoms with Crippen LogP contribution in [0.25, 0.3) is 6.08 Å². The average Bonchev–Trinajstić information content (AvgIpc) is 3.02. The van der Waals surface area contributed by atoms with Crippen LogP contribution in [-0.4, -0.2) is 60.1 Å². The SMILES string of the molecule is CN1C(=O)/C(=C\c2cccc(Br)c2)SC1=Nc1cccc(C(=O)N2CCOCC2)c1. The minimum Gasteiger partial charge on any atom is -0.378 e. The normalized spacial score (nSPS) is 19.7. The van der Waals surface area contributed by atoms with Crippen molar-refractivity contribution >= 4 is 56.4 Å². The van der Waals surface area contributed by atoms with E-state index in [0.717, 1.165) is 10.0 Å². The van der Waals surface area contributed by atoms with Crippen LogP contribution < -0.4 is 0 Å². The molecule has 6 nitrogen and oxygen atoms in total. The predicted octanol–water partition coefficient (Wildman–Crippen LogP) is 4.16. The van der Waals surface area contributed by atoms with E-state index in [1.54, 1.807) is 24.1 Å². The van der Waals surface area contributed by atoms with Crippen LogP contribution in [0.3, 0.4) is 0 Å². The summed E-state index contributed by atoms with van der Waals surface area (Å²) in [6.45, 7) is 2.30. The van der Waals surface area contributed by atoms with Crippen molar-refractivity contribution in [3.05, 3.63) is 69.0 Å². The summed E-state index contributed by atoms with van der Waals surface area (Å²) in [6.07, 6.45) is 1.86. The van der Waals surface area contributed by atoms with Gasteiger partial charge in [0, 0.05) is 30.2 Å². The highest BCUT2D eigenvalue weighted by Crippen LogP contribution is 2.33. The largest absolute Gasteiger partial charge is 0.378 e. The molecule has 2 saturated heterocycles. The van der Waals surface area contributed by atoms with Crippen LogP contribution in [0.2, 0.25) is 0 Å². The van der Waals surface area contributed by atoms with Gasteiger partial charge in [-0.25, -0.2) is 4.99 Å². The molecule has 2 aliphatic rings. The van der Waals surface area contributed by atoms with Crippen LogP contribution in [-0.2, 0) is 9.53 Å². The van der Waals surface area contributed by atoms with Crippen LogP contribution in [0.4, 0.5) is 5.69 Å². The van der Waals surface area contributed by atoms with Gasteiger partial charge in [0.1, 0.15) is 0 Å². The van der Waals surface area contributed by atoms with E-state index in [2.05, 4.69) is 20.9 Å². The Morgan fingerprint density at radius 1 is 1.17 bits per heavy atom. The zero-order valence-electron chi connectivity index (χ0n) is 16.4. The van der Waals surface area contributed by atoms with E-state index in [1.165, 1.54) is 16.7 Å². The Kier molecular flexibility index (Phi) is 6.36. The van der Waals surface area contributed by atoms with Crippen LogP contribution in [0.1, 0.15) is 15.9 Å². The van der Waals surface area contributed by atoms with Crippen molar-refractivity contribution in [1.29, 1.82) is 0 Å². The zero-order chi connectivity index (χ0) is 21.1. The Hall–Kier alpha value is -2.42. The molecule has 0 radical (unpaired) electrons. The maximum atomic E-state index is 12.7. The van der Waals surface area contributed by atoms with Gasteiger partial charge in [0.15, 0.2) is 5.17 Å². The van der Waals surface area contributed by atoms with Gasteiger partial charge in [-0.15, -0.1) is 0 Å². The van der Waals surface area contributed by atoms with Gasteiger partial charge >= 0.3 is 0 Å². The first-order valence-electron chi connectivity index (χ1n) is 9.50. The lowest BCUT2D eigenvalue weighted by Crippen LogP contribution is -2.40. The van der Waals surface area contributed by atoms with E-state index in [9.17, 15) is 9.59 Å². The predicted molar refractivity (Wildman–Crippen MR) is 123 cm³/mol. The molecule has 2 aromatic rings. The molecule has 154 valence electrons. The van der Waals surface area contributed by atoms with Crippen molar-refractivity contribution in [2.45, 2.75) is 0 Å². The molecular weight excluding hydrogens is 466 g/mol. The van der Waals surface area contributed by atoms with Crippen LogP contribution in [0.5, 0.6) is 0 Å². The van der Waals surface area contributed by atoms with Gasteiger partial charge in [0.2, 0.25) is 0 Å². The number of amidine groups is 1. The van der Waals surface area contributed by atoms with Gasteiger partial charge in [-0.1, -0.05) is 34.1 Å². The van der Waals surface area contributed by atoms with Crippen LogP contribution >= 0.6 is 27.7 Å². The van der Waals surface area contributed by atoms with E-state index in [4.69, 9.17) is 4.74 Å². The van der Waals surface area contributed by atoms with E-state index in [0.29, 0.717) is 47.6 Å². The molecule has 0 aliphatic carbocycles. The van der Waals surface area contributed by atoms with Gasteiger partial charge in [0.25, 0.3) is 11.8 Å². The summed E-state index contributed by atoms with van der Waals surface area (Å²) in [4.78, 5) is 33.9. The number of carbonyl (C=O) groups excluding carboxylic acids is 2.